The lowest BCUT2D eigenvalue weighted by molar-refractivity contribution is 0.474. The van der Waals surface area contributed by atoms with E-state index < -0.39 is 0 Å². The van der Waals surface area contributed by atoms with Crippen LogP contribution in [0.25, 0.3) is 10.9 Å². The summed E-state index contributed by atoms with van der Waals surface area (Å²) in [7, 11) is 0. The SMILES string of the molecule is CCN(CC)C(=S)c1cnc2c(N)cccc2c1. The zero-order chi connectivity index (χ0) is 13.1. The third-order valence-electron chi connectivity index (χ3n) is 3.04. The molecule has 1 aromatic carbocycles. The summed E-state index contributed by atoms with van der Waals surface area (Å²) >= 11 is 5.49. The maximum Gasteiger partial charge on any atom is 0.110 e. The minimum atomic E-state index is 0.702. The number of aromatic nitrogens is 1. The Morgan fingerprint density at radius 2 is 2.06 bits per heavy atom. The van der Waals surface area contributed by atoms with Gasteiger partial charge in [0.25, 0.3) is 0 Å². The first-order chi connectivity index (χ1) is 8.67. The molecule has 0 aliphatic carbocycles. The summed E-state index contributed by atoms with van der Waals surface area (Å²) in [5.74, 6) is 0. The van der Waals surface area contributed by atoms with Crippen LogP contribution in [0.15, 0.2) is 30.5 Å². The third-order valence-corrected chi connectivity index (χ3v) is 3.53. The molecule has 0 saturated heterocycles. The van der Waals surface area contributed by atoms with E-state index in [0.29, 0.717) is 5.69 Å². The van der Waals surface area contributed by atoms with Gasteiger partial charge in [0, 0.05) is 30.2 Å². The highest BCUT2D eigenvalue weighted by Gasteiger charge is 2.09. The molecule has 18 heavy (non-hydrogen) atoms. The molecule has 4 heteroatoms. The van der Waals surface area contributed by atoms with Gasteiger partial charge in [0.05, 0.1) is 11.2 Å². The standard InChI is InChI=1S/C14H17N3S/c1-3-17(4-2)14(18)11-8-10-6-5-7-12(15)13(10)16-9-11/h5-9H,3-4,15H2,1-2H3. The topological polar surface area (TPSA) is 42.2 Å². The number of thiocarbonyl (C=S) groups is 1. The number of pyridine rings is 1. The second-order valence-electron chi connectivity index (χ2n) is 4.12. The van der Waals surface area contributed by atoms with Gasteiger partial charge in [-0.15, -0.1) is 0 Å². The van der Waals surface area contributed by atoms with Crippen molar-refractivity contribution >= 4 is 33.8 Å². The van der Waals surface area contributed by atoms with Crippen LogP contribution >= 0.6 is 12.2 Å². The number of para-hydroxylation sites is 1. The molecule has 3 nitrogen and oxygen atoms in total. The zero-order valence-corrected chi connectivity index (χ0v) is 11.5. The predicted molar refractivity (Wildman–Crippen MR) is 80.8 cm³/mol. The van der Waals surface area contributed by atoms with E-state index in [0.717, 1.165) is 34.5 Å². The summed E-state index contributed by atoms with van der Waals surface area (Å²) in [6.45, 7) is 6.01. The van der Waals surface area contributed by atoms with Crippen molar-refractivity contribution in [3.8, 4) is 0 Å². The van der Waals surface area contributed by atoms with E-state index in [1.54, 1.807) is 6.20 Å². The molecule has 2 N–H and O–H groups in total. The molecule has 0 amide bonds. The third kappa shape index (κ3) is 2.29. The molecular formula is C14H17N3S. The number of hydrogen-bond acceptors (Lipinski definition) is 3. The lowest BCUT2D eigenvalue weighted by Gasteiger charge is -2.21. The Morgan fingerprint density at radius 1 is 1.33 bits per heavy atom. The van der Waals surface area contributed by atoms with Crippen molar-refractivity contribution in [1.29, 1.82) is 0 Å². The van der Waals surface area contributed by atoms with Gasteiger partial charge in [0.2, 0.25) is 0 Å². The Balaban J connectivity index is 2.44. The van der Waals surface area contributed by atoms with Gasteiger partial charge in [-0.1, -0.05) is 24.4 Å². The molecule has 0 atom stereocenters. The molecule has 2 aromatic rings. The van der Waals surface area contributed by atoms with Crippen LogP contribution in [0.3, 0.4) is 0 Å². The summed E-state index contributed by atoms with van der Waals surface area (Å²) in [6, 6.07) is 7.85. The molecule has 0 saturated carbocycles. The van der Waals surface area contributed by atoms with Gasteiger partial charge in [0.1, 0.15) is 4.99 Å². The van der Waals surface area contributed by atoms with Crippen LogP contribution in [-0.4, -0.2) is 28.0 Å². The average molecular weight is 259 g/mol. The lowest BCUT2D eigenvalue weighted by Crippen LogP contribution is -2.29. The van der Waals surface area contributed by atoms with Crippen molar-refractivity contribution in [2.75, 3.05) is 18.8 Å². The highest BCUT2D eigenvalue weighted by molar-refractivity contribution is 7.80. The number of hydrogen-bond donors (Lipinski definition) is 1. The molecule has 94 valence electrons. The summed E-state index contributed by atoms with van der Waals surface area (Å²) in [4.78, 5) is 7.40. The van der Waals surface area contributed by atoms with E-state index in [-0.39, 0.29) is 0 Å². The van der Waals surface area contributed by atoms with Crippen LogP contribution in [0.1, 0.15) is 19.4 Å². The average Bonchev–Trinajstić information content (AvgIpc) is 2.40. The summed E-state index contributed by atoms with van der Waals surface area (Å²) in [6.07, 6.45) is 1.80. The Hall–Kier alpha value is -1.68. The van der Waals surface area contributed by atoms with E-state index in [4.69, 9.17) is 18.0 Å². The van der Waals surface area contributed by atoms with Gasteiger partial charge >= 0.3 is 0 Å². The van der Waals surface area contributed by atoms with Gasteiger partial charge in [-0.2, -0.15) is 0 Å². The first kappa shape index (κ1) is 12.8. The molecule has 0 radical (unpaired) electrons. The Kier molecular flexibility index (Phi) is 3.77. The van der Waals surface area contributed by atoms with E-state index in [1.807, 2.05) is 18.2 Å². The van der Waals surface area contributed by atoms with Crippen molar-refractivity contribution in [3.05, 3.63) is 36.0 Å². The van der Waals surface area contributed by atoms with Crippen LogP contribution in [0.4, 0.5) is 5.69 Å². The van der Waals surface area contributed by atoms with Crippen LogP contribution in [0, 0.1) is 0 Å². The zero-order valence-electron chi connectivity index (χ0n) is 10.7. The van der Waals surface area contributed by atoms with Gasteiger partial charge < -0.3 is 10.6 Å². The van der Waals surface area contributed by atoms with Gasteiger partial charge in [-0.25, -0.2) is 0 Å². The maximum absolute atomic E-state index is 5.89. The fourth-order valence-electron chi connectivity index (χ4n) is 1.99. The van der Waals surface area contributed by atoms with Crippen molar-refractivity contribution in [1.82, 2.24) is 9.88 Å². The van der Waals surface area contributed by atoms with Crippen molar-refractivity contribution < 1.29 is 0 Å². The summed E-state index contributed by atoms with van der Waals surface area (Å²) < 4.78 is 0. The summed E-state index contributed by atoms with van der Waals surface area (Å²) in [5, 5.41) is 1.03. The minimum absolute atomic E-state index is 0.702. The van der Waals surface area contributed by atoms with E-state index in [1.165, 1.54) is 0 Å². The molecule has 1 aromatic heterocycles. The van der Waals surface area contributed by atoms with Crippen molar-refractivity contribution in [3.63, 3.8) is 0 Å². The fourth-order valence-corrected chi connectivity index (χ4v) is 2.36. The van der Waals surface area contributed by atoms with E-state index in [9.17, 15) is 0 Å². The van der Waals surface area contributed by atoms with E-state index >= 15 is 0 Å². The molecule has 1 heterocycles. The second kappa shape index (κ2) is 5.31. The first-order valence-electron chi connectivity index (χ1n) is 6.10. The van der Waals surface area contributed by atoms with Crippen LogP contribution < -0.4 is 5.73 Å². The van der Waals surface area contributed by atoms with Crippen LogP contribution in [-0.2, 0) is 0 Å². The van der Waals surface area contributed by atoms with Gasteiger partial charge in [-0.05, 0) is 26.0 Å². The monoisotopic (exact) mass is 259 g/mol. The Labute approximate surface area is 113 Å². The molecule has 0 fully saturated rings. The predicted octanol–water partition coefficient (Wildman–Crippen LogP) is 2.83. The normalized spacial score (nSPS) is 10.6. The molecule has 0 unspecified atom stereocenters. The second-order valence-corrected chi connectivity index (χ2v) is 4.51. The quantitative estimate of drug-likeness (QED) is 0.680. The van der Waals surface area contributed by atoms with Crippen LogP contribution in [0.2, 0.25) is 0 Å². The molecule has 0 bridgehead atoms. The molecule has 0 aliphatic rings. The molecule has 2 rings (SSSR count). The minimum Gasteiger partial charge on any atom is -0.397 e. The van der Waals surface area contributed by atoms with Crippen molar-refractivity contribution in [2.45, 2.75) is 13.8 Å². The molecule has 0 spiro atoms. The number of nitrogens with two attached hydrogens (primary N) is 1. The smallest absolute Gasteiger partial charge is 0.110 e. The Bertz CT molecular complexity index is 576. The molecule has 0 aliphatic heterocycles. The largest absolute Gasteiger partial charge is 0.397 e. The van der Waals surface area contributed by atoms with Crippen LogP contribution in [0.5, 0.6) is 0 Å². The maximum atomic E-state index is 5.89. The number of benzene rings is 1. The number of rotatable bonds is 3. The van der Waals surface area contributed by atoms with Gasteiger partial charge in [-0.3, -0.25) is 4.98 Å². The number of anilines is 1. The van der Waals surface area contributed by atoms with E-state index in [2.05, 4.69) is 29.8 Å². The highest BCUT2D eigenvalue weighted by Crippen LogP contribution is 2.20. The summed E-state index contributed by atoms with van der Waals surface area (Å²) in [5.41, 5.74) is 8.41. The fraction of sp³-hybridized carbons (Fsp3) is 0.286. The lowest BCUT2D eigenvalue weighted by atomic mass is 10.1. The Morgan fingerprint density at radius 3 is 2.72 bits per heavy atom. The van der Waals surface area contributed by atoms with Crippen molar-refractivity contribution in [2.24, 2.45) is 0 Å². The van der Waals surface area contributed by atoms with Gasteiger partial charge in [0.15, 0.2) is 0 Å². The number of fused-ring (bicyclic) bond motifs is 1. The number of nitrogens with zero attached hydrogens (tertiary/aromatic N) is 2. The molecular weight excluding hydrogens is 242 g/mol. The highest BCUT2D eigenvalue weighted by atomic mass is 32.1. The number of nitrogen functional groups attached to an aromatic ring is 1. The first-order valence-corrected chi connectivity index (χ1v) is 6.51.